The minimum absolute atomic E-state index is 0. The first-order valence-electron chi connectivity index (χ1n) is 9.09. The molecule has 0 radical (unpaired) electrons. The molecule has 8 heteroatoms. The Balaban J connectivity index is 0.00000240. The molecule has 1 heterocycles. The minimum Gasteiger partial charge on any atom is -0.326 e. The smallest absolute Gasteiger partial charge is 0.262 e. The van der Waals surface area contributed by atoms with Crippen LogP contribution in [0.3, 0.4) is 0 Å². The van der Waals surface area contributed by atoms with Gasteiger partial charge in [0.2, 0.25) is 5.91 Å². The SMILES string of the molecule is CC(=O)Nc1cccc2c(S(=O)(=O)Nc3ccc4c(c3)CCNC4)cccc12.Cl. The third kappa shape index (κ3) is 4.37. The van der Waals surface area contributed by atoms with Crippen LogP contribution in [0.5, 0.6) is 0 Å². The molecule has 0 aromatic heterocycles. The van der Waals surface area contributed by atoms with Gasteiger partial charge in [-0.3, -0.25) is 9.52 Å². The van der Waals surface area contributed by atoms with Crippen molar-refractivity contribution >= 4 is 50.5 Å². The lowest BCUT2D eigenvalue weighted by Crippen LogP contribution is -2.23. The monoisotopic (exact) mass is 431 g/mol. The molecule has 0 saturated carbocycles. The number of nitrogens with one attached hydrogen (secondary N) is 3. The zero-order valence-corrected chi connectivity index (χ0v) is 17.5. The zero-order valence-electron chi connectivity index (χ0n) is 15.9. The summed E-state index contributed by atoms with van der Waals surface area (Å²) in [7, 11) is -3.79. The van der Waals surface area contributed by atoms with E-state index < -0.39 is 10.0 Å². The summed E-state index contributed by atoms with van der Waals surface area (Å²) in [4.78, 5) is 11.6. The van der Waals surface area contributed by atoms with Crippen LogP contribution >= 0.6 is 12.4 Å². The van der Waals surface area contributed by atoms with Gasteiger partial charge in [-0.25, -0.2) is 8.42 Å². The quantitative estimate of drug-likeness (QED) is 0.588. The highest BCUT2D eigenvalue weighted by Gasteiger charge is 2.19. The molecule has 0 bridgehead atoms. The van der Waals surface area contributed by atoms with Crippen molar-refractivity contribution < 1.29 is 13.2 Å². The summed E-state index contributed by atoms with van der Waals surface area (Å²) in [6, 6.07) is 15.9. The first-order chi connectivity index (χ1) is 13.4. The highest BCUT2D eigenvalue weighted by Crippen LogP contribution is 2.30. The van der Waals surface area contributed by atoms with Gasteiger partial charge < -0.3 is 10.6 Å². The third-order valence-corrected chi connectivity index (χ3v) is 6.27. The molecule has 4 rings (SSSR count). The Bertz CT molecular complexity index is 1180. The number of anilines is 2. The lowest BCUT2D eigenvalue weighted by atomic mass is 10.0. The van der Waals surface area contributed by atoms with Crippen molar-refractivity contribution in [3.05, 3.63) is 65.7 Å². The van der Waals surface area contributed by atoms with Crippen molar-refractivity contribution in [3.8, 4) is 0 Å². The topological polar surface area (TPSA) is 87.3 Å². The molecule has 0 atom stereocenters. The largest absolute Gasteiger partial charge is 0.326 e. The molecule has 1 aliphatic rings. The lowest BCUT2D eigenvalue weighted by Gasteiger charge is -2.18. The summed E-state index contributed by atoms with van der Waals surface area (Å²) >= 11 is 0. The van der Waals surface area contributed by atoms with Crippen LogP contribution in [-0.2, 0) is 27.8 Å². The predicted molar refractivity (Wildman–Crippen MR) is 118 cm³/mol. The van der Waals surface area contributed by atoms with Crippen molar-refractivity contribution in [1.82, 2.24) is 5.32 Å². The van der Waals surface area contributed by atoms with Crippen LogP contribution in [0.4, 0.5) is 11.4 Å². The molecule has 0 aliphatic carbocycles. The Morgan fingerprint density at radius 3 is 2.55 bits per heavy atom. The molecule has 3 aromatic rings. The highest BCUT2D eigenvalue weighted by atomic mass is 35.5. The van der Waals surface area contributed by atoms with E-state index in [9.17, 15) is 13.2 Å². The van der Waals surface area contributed by atoms with Crippen molar-refractivity contribution in [2.45, 2.75) is 24.8 Å². The second-order valence-corrected chi connectivity index (χ2v) is 8.50. The molecule has 3 aromatic carbocycles. The molecule has 1 amide bonds. The normalized spacial score (nSPS) is 13.3. The van der Waals surface area contributed by atoms with Crippen molar-refractivity contribution in [2.75, 3.05) is 16.6 Å². The van der Waals surface area contributed by atoms with Gasteiger partial charge in [0.15, 0.2) is 0 Å². The average Bonchev–Trinajstić information content (AvgIpc) is 2.67. The van der Waals surface area contributed by atoms with E-state index in [1.807, 2.05) is 12.1 Å². The molecule has 0 fully saturated rings. The summed E-state index contributed by atoms with van der Waals surface area (Å²) in [5.41, 5.74) is 3.49. The Kier molecular flexibility index (Phi) is 6.12. The molecule has 6 nitrogen and oxygen atoms in total. The first-order valence-corrected chi connectivity index (χ1v) is 10.6. The fourth-order valence-electron chi connectivity index (χ4n) is 3.56. The second kappa shape index (κ2) is 8.41. The number of sulfonamides is 1. The van der Waals surface area contributed by atoms with E-state index in [2.05, 4.69) is 15.4 Å². The summed E-state index contributed by atoms with van der Waals surface area (Å²) in [6.07, 6.45) is 0.874. The summed E-state index contributed by atoms with van der Waals surface area (Å²) in [6.45, 7) is 3.11. The van der Waals surface area contributed by atoms with E-state index in [0.29, 0.717) is 22.1 Å². The van der Waals surface area contributed by atoms with E-state index >= 15 is 0 Å². The molecule has 0 unspecified atom stereocenters. The van der Waals surface area contributed by atoms with Crippen LogP contribution in [0.15, 0.2) is 59.5 Å². The van der Waals surface area contributed by atoms with Gasteiger partial charge in [0, 0.05) is 35.6 Å². The van der Waals surface area contributed by atoms with Crippen LogP contribution in [-0.4, -0.2) is 20.9 Å². The summed E-state index contributed by atoms with van der Waals surface area (Å²) < 4.78 is 28.9. The summed E-state index contributed by atoms with van der Waals surface area (Å²) in [5.74, 6) is -0.206. The molecular weight excluding hydrogens is 410 g/mol. The Labute approximate surface area is 176 Å². The summed E-state index contributed by atoms with van der Waals surface area (Å²) in [5, 5.41) is 7.29. The number of amides is 1. The van der Waals surface area contributed by atoms with Gasteiger partial charge in [-0.05, 0) is 48.4 Å². The second-order valence-electron chi connectivity index (χ2n) is 6.85. The lowest BCUT2D eigenvalue weighted by molar-refractivity contribution is -0.114. The number of fused-ring (bicyclic) bond motifs is 2. The predicted octanol–water partition coefficient (Wildman–Crippen LogP) is 3.67. The fourth-order valence-corrected chi connectivity index (χ4v) is 4.84. The van der Waals surface area contributed by atoms with Gasteiger partial charge in [0.25, 0.3) is 10.0 Å². The van der Waals surface area contributed by atoms with Gasteiger partial charge in [0.1, 0.15) is 0 Å². The van der Waals surface area contributed by atoms with Crippen LogP contribution in [0.2, 0.25) is 0 Å². The van der Waals surface area contributed by atoms with E-state index in [4.69, 9.17) is 0 Å². The van der Waals surface area contributed by atoms with Crippen LogP contribution in [0, 0.1) is 0 Å². The molecule has 3 N–H and O–H groups in total. The average molecular weight is 432 g/mol. The van der Waals surface area contributed by atoms with E-state index in [1.54, 1.807) is 42.5 Å². The highest BCUT2D eigenvalue weighted by molar-refractivity contribution is 7.93. The zero-order chi connectivity index (χ0) is 19.7. The number of rotatable bonds is 4. The van der Waals surface area contributed by atoms with Crippen molar-refractivity contribution in [2.24, 2.45) is 0 Å². The van der Waals surface area contributed by atoms with Crippen LogP contribution < -0.4 is 15.4 Å². The van der Waals surface area contributed by atoms with Gasteiger partial charge >= 0.3 is 0 Å². The first kappa shape index (κ1) is 21.1. The number of benzene rings is 3. The molecule has 0 spiro atoms. The minimum atomic E-state index is -3.79. The molecule has 29 heavy (non-hydrogen) atoms. The van der Waals surface area contributed by atoms with E-state index in [-0.39, 0.29) is 23.2 Å². The molecular formula is C21H22ClN3O3S. The number of carbonyl (C=O) groups excluding carboxylic acids is 1. The molecule has 0 saturated heterocycles. The third-order valence-electron chi connectivity index (χ3n) is 4.83. The number of carbonyl (C=O) groups is 1. The Hall–Kier alpha value is -2.61. The van der Waals surface area contributed by atoms with Crippen molar-refractivity contribution in [1.29, 1.82) is 0 Å². The maximum absolute atomic E-state index is 13.1. The fraction of sp³-hybridized carbons (Fsp3) is 0.190. The van der Waals surface area contributed by atoms with E-state index in [1.165, 1.54) is 12.5 Å². The maximum Gasteiger partial charge on any atom is 0.262 e. The van der Waals surface area contributed by atoms with E-state index in [0.717, 1.165) is 25.1 Å². The number of halogens is 1. The van der Waals surface area contributed by atoms with Crippen LogP contribution in [0.25, 0.3) is 10.8 Å². The van der Waals surface area contributed by atoms with Crippen molar-refractivity contribution in [3.63, 3.8) is 0 Å². The standard InChI is InChI=1S/C21H21N3O3S.ClH/c1-14(25)23-20-6-2-5-19-18(20)4-3-7-21(19)28(26,27)24-17-9-8-16-13-22-11-10-15(16)12-17;/h2-9,12,22,24H,10-11,13H2,1H3,(H,23,25);1H. The molecule has 1 aliphatic heterocycles. The van der Waals surface area contributed by atoms with Gasteiger partial charge in [0.05, 0.1) is 4.90 Å². The Morgan fingerprint density at radius 2 is 1.76 bits per heavy atom. The Morgan fingerprint density at radius 1 is 1.00 bits per heavy atom. The number of hydrogen-bond donors (Lipinski definition) is 3. The maximum atomic E-state index is 13.1. The molecule has 152 valence electrons. The van der Waals surface area contributed by atoms with Crippen LogP contribution in [0.1, 0.15) is 18.1 Å². The number of hydrogen-bond acceptors (Lipinski definition) is 4. The van der Waals surface area contributed by atoms with Gasteiger partial charge in [-0.15, -0.1) is 12.4 Å². The van der Waals surface area contributed by atoms with Gasteiger partial charge in [-0.1, -0.05) is 30.3 Å². The van der Waals surface area contributed by atoms with Gasteiger partial charge in [-0.2, -0.15) is 0 Å².